The van der Waals surface area contributed by atoms with E-state index in [1.807, 2.05) is 6.92 Å². The number of carbonyl (C=O) groups excluding carboxylic acids is 1. The Morgan fingerprint density at radius 3 is 2.50 bits per heavy atom. The van der Waals surface area contributed by atoms with E-state index in [1.54, 1.807) is 0 Å². The van der Waals surface area contributed by atoms with Crippen LogP contribution in [0.5, 0.6) is 0 Å². The summed E-state index contributed by atoms with van der Waals surface area (Å²) in [4.78, 5) is 15.2. The Hall–Kier alpha value is -1.49. The Morgan fingerprint density at radius 2 is 2.05 bits per heavy atom. The molecule has 0 saturated carbocycles. The van der Waals surface area contributed by atoms with Crippen molar-refractivity contribution in [3.63, 3.8) is 0 Å². The molecule has 0 aliphatic carbocycles. The van der Waals surface area contributed by atoms with E-state index in [2.05, 4.69) is 17.0 Å². The second-order valence-electron chi connectivity index (χ2n) is 4.73. The SMILES string of the molecule is CCCCCC(C)[C@@H](O)OC(=O)n1ccnc1.NS(=O)(=O)O. The Balaban J connectivity index is 0.000000763. The van der Waals surface area contributed by atoms with Crippen LogP contribution in [0.3, 0.4) is 0 Å². The number of imidazole rings is 1. The molecule has 22 heavy (non-hydrogen) atoms. The first-order valence-corrected chi connectivity index (χ1v) is 8.27. The standard InChI is InChI=1S/C12H20N2O3.H3NO3S/c1-3-4-5-6-10(2)11(15)17-12(16)14-8-7-13-9-14;1-5(2,3)4/h7-11,15H,3-6H2,1-2H3;(H3,1,2,3,4)/t10?,11-;/m0./s1. The molecule has 0 aromatic carbocycles. The van der Waals surface area contributed by atoms with Crippen molar-refractivity contribution < 1.29 is 27.6 Å². The highest BCUT2D eigenvalue weighted by atomic mass is 32.2. The van der Waals surface area contributed by atoms with E-state index >= 15 is 0 Å². The summed E-state index contributed by atoms with van der Waals surface area (Å²) >= 11 is 0. The lowest BCUT2D eigenvalue weighted by Gasteiger charge is -2.18. The Bertz CT molecular complexity index is 509. The van der Waals surface area contributed by atoms with Gasteiger partial charge in [0.1, 0.15) is 6.33 Å². The van der Waals surface area contributed by atoms with E-state index in [9.17, 15) is 9.90 Å². The minimum atomic E-state index is -4.17. The third-order valence-electron chi connectivity index (χ3n) is 2.69. The zero-order valence-corrected chi connectivity index (χ0v) is 13.4. The molecule has 9 nitrogen and oxygen atoms in total. The number of hydrogen-bond acceptors (Lipinski definition) is 6. The first-order chi connectivity index (χ1) is 10.1. The first-order valence-electron chi connectivity index (χ1n) is 6.77. The van der Waals surface area contributed by atoms with E-state index in [1.165, 1.54) is 23.3 Å². The van der Waals surface area contributed by atoms with Crippen LogP contribution in [0.15, 0.2) is 18.7 Å². The van der Waals surface area contributed by atoms with Crippen molar-refractivity contribution in [3.8, 4) is 0 Å². The summed E-state index contributed by atoms with van der Waals surface area (Å²) in [6, 6.07) is 0. The minimum absolute atomic E-state index is 0.0472. The van der Waals surface area contributed by atoms with E-state index in [0.29, 0.717) is 0 Å². The molecule has 1 rings (SSSR count). The molecule has 0 bridgehead atoms. The monoisotopic (exact) mass is 337 g/mol. The van der Waals surface area contributed by atoms with E-state index in [-0.39, 0.29) is 5.92 Å². The van der Waals surface area contributed by atoms with Crippen LogP contribution >= 0.6 is 0 Å². The molecule has 2 atom stereocenters. The molecule has 128 valence electrons. The molecule has 1 unspecified atom stereocenters. The number of unbranched alkanes of at least 4 members (excludes halogenated alkanes) is 2. The van der Waals surface area contributed by atoms with E-state index < -0.39 is 22.7 Å². The number of rotatable bonds is 6. The molecule has 10 heteroatoms. The number of aliphatic hydroxyl groups excluding tert-OH is 1. The lowest BCUT2D eigenvalue weighted by molar-refractivity contribution is -0.0877. The molecular formula is C12H23N3O6S. The maximum absolute atomic E-state index is 11.5. The number of nitrogens with two attached hydrogens (primary N) is 1. The molecule has 1 heterocycles. The fourth-order valence-corrected chi connectivity index (χ4v) is 1.51. The highest BCUT2D eigenvalue weighted by molar-refractivity contribution is 7.83. The summed E-state index contributed by atoms with van der Waals surface area (Å²) in [5.41, 5.74) is 0. The topological polar surface area (TPSA) is 145 Å². The van der Waals surface area contributed by atoms with Crippen molar-refractivity contribution in [2.24, 2.45) is 11.1 Å². The normalized spacial score (nSPS) is 13.7. The van der Waals surface area contributed by atoms with Gasteiger partial charge in [-0.3, -0.25) is 4.55 Å². The maximum Gasteiger partial charge on any atom is 0.421 e. The molecule has 0 amide bonds. The van der Waals surface area contributed by atoms with Gasteiger partial charge in [-0.2, -0.15) is 8.42 Å². The lowest BCUT2D eigenvalue weighted by Crippen LogP contribution is -2.27. The predicted octanol–water partition coefficient (Wildman–Crippen LogP) is 1.15. The van der Waals surface area contributed by atoms with E-state index in [0.717, 1.165) is 25.7 Å². The minimum Gasteiger partial charge on any atom is -0.419 e. The molecule has 4 N–H and O–H groups in total. The molecule has 0 radical (unpaired) electrons. The average molecular weight is 337 g/mol. The van der Waals surface area contributed by atoms with Gasteiger partial charge in [0.05, 0.1) is 0 Å². The highest BCUT2D eigenvalue weighted by Crippen LogP contribution is 2.14. The Labute approximate surface area is 130 Å². The summed E-state index contributed by atoms with van der Waals surface area (Å²) in [5.74, 6) is -0.0472. The number of carbonyl (C=O) groups is 1. The van der Waals surface area contributed by atoms with Crippen LogP contribution < -0.4 is 5.14 Å². The molecule has 0 aliphatic rings. The molecule has 1 aromatic rings. The van der Waals surface area contributed by atoms with Gasteiger partial charge in [-0.05, 0) is 6.42 Å². The van der Waals surface area contributed by atoms with Gasteiger partial charge in [-0.15, -0.1) is 0 Å². The van der Waals surface area contributed by atoms with Crippen LogP contribution in [-0.4, -0.2) is 40.0 Å². The molecular weight excluding hydrogens is 314 g/mol. The molecule has 1 aromatic heterocycles. The number of hydrogen-bond donors (Lipinski definition) is 3. The fourth-order valence-electron chi connectivity index (χ4n) is 1.51. The van der Waals surface area contributed by atoms with Gasteiger partial charge in [-0.1, -0.05) is 33.1 Å². The Kier molecular flexibility index (Phi) is 9.58. The van der Waals surface area contributed by atoms with Gasteiger partial charge >= 0.3 is 16.4 Å². The van der Waals surface area contributed by atoms with Crippen LogP contribution in [0, 0.1) is 5.92 Å². The molecule has 0 saturated heterocycles. The fraction of sp³-hybridized carbons (Fsp3) is 0.667. The molecule has 0 fully saturated rings. The van der Waals surface area contributed by atoms with Crippen LogP contribution in [0.4, 0.5) is 4.79 Å². The number of aromatic nitrogens is 2. The van der Waals surface area contributed by atoms with Crippen LogP contribution in [-0.2, 0) is 15.0 Å². The van der Waals surface area contributed by atoms with Crippen LogP contribution in [0.1, 0.15) is 39.5 Å². The lowest BCUT2D eigenvalue weighted by atomic mass is 10.0. The van der Waals surface area contributed by atoms with Gasteiger partial charge in [-0.25, -0.2) is 19.5 Å². The van der Waals surface area contributed by atoms with Gasteiger partial charge in [0.15, 0.2) is 0 Å². The van der Waals surface area contributed by atoms with Gasteiger partial charge in [0, 0.05) is 18.3 Å². The van der Waals surface area contributed by atoms with Gasteiger partial charge < -0.3 is 9.84 Å². The largest absolute Gasteiger partial charge is 0.421 e. The quantitative estimate of drug-likeness (QED) is 0.401. The number of ether oxygens (including phenoxy) is 1. The second kappa shape index (κ2) is 10.3. The van der Waals surface area contributed by atoms with Crippen molar-refractivity contribution in [3.05, 3.63) is 18.7 Å². The van der Waals surface area contributed by atoms with Crippen molar-refractivity contribution in [1.82, 2.24) is 9.55 Å². The third-order valence-corrected chi connectivity index (χ3v) is 2.69. The van der Waals surface area contributed by atoms with E-state index in [4.69, 9.17) is 17.7 Å². The van der Waals surface area contributed by atoms with Gasteiger partial charge in [0.25, 0.3) is 0 Å². The summed E-state index contributed by atoms with van der Waals surface area (Å²) in [7, 11) is -4.17. The van der Waals surface area contributed by atoms with Crippen molar-refractivity contribution in [1.29, 1.82) is 0 Å². The van der Waals surface area contributed by atoms with Crippen LogP contribution in [0.2, 0.25) is 0 Å². The van der Waals surface area contributed by atoms with Crippen molar-refractivity contribution in [2.45, 2.75) is 45.8 Å². The zero-order valence-electron chi connectivity index (χ0n) is 12.6. The molecule has 0 aliphatic heterocycles. The smallest absolute Gasteiger partial charge is 0.419 e. The average Bonchev–Trinajstić information content (AvgIpc) is 2.90. The summed E-state index contributed by atoms with van der Waals surface area (Å²) in [5, 5.41) is 13.6. The number of aliphatic hydroxyl groups is 1. The third kappa shape index (κ3) is 11.2. The Morgan fingerprint density at radius 1 is 1.45 bits per heavy atom. The highest BCUT2D eigenvalue weighted by Gasteiger charge is 2.19. The first kappa shape index (κ1) is 20.5. The second-order valence-corrected chi connectivity index (χ2v) is 5.76. The van der Waals surface area contributed by atoms with Crippen LogP contribution in [0.25, 0.3) is 0 Å². The summed E-state index contributed by atoms with van der Waals surface area (Å²) in [6.07, 6.45) is 6.82. The maximum atomic E-state index is 11.5. The number of nitrogens with zero attached hydrogens (tertiary/aromatic N) is 2. The summed E-state index contributed by atoms with van der Waals surface area (Å²) in [6.45, 7) is 4.00. The van der Waals surface area contributed by atoms with Gasteiger partial charge in [0.2, 0.25) is 6.29 Å². The molecule has 0 spiro atoms. The summed E-state index contributed by atoms with van der Waals surface area (Å²) < 4.78 is 31.3. The van der Waals surface area contributed by atoms with Crippen molar-refractivity contribution in [2.75, 3.05) is 0 Å². The predicted molar refractivity (Wildman–Crippen MR) is 79.2 cm³/mol. The van der Waals surface area contributed by atoms with Crippen molar-refractivity contribution >= 4 is 16.4 Å². The zero-order chi connectivity index (χ0) is 17.2.